The Hall–Kier alpha value is -2.43. The molecule has 2 heterocycles. The monoisotopic (exact) mass is 293 g/mol. The average Bonchev–Trinajstić information content (AvgIpc) is 2.95. The highest BCUT2D eigenvalue weighted by atomic mass is 15.3. The smallest absolute Gasteiger partial charge is 0.163 e. The zero-order valence-electron chi connectivity index (χ0n) is 12.7. The molecule has 1 N–H and O–H groups in total. The maximum atomic E-state index is 4.39. The van der Waals surface area contributed by atoms with Crippen LogP contribution in [0.2, 0.25) is 0 Å². The van der Waals surface area contributed by atoms with Gasteiger partial charge in [0.15, 0.2) is 5.65 Å². The fourth-order valence-corrected chi connectivity index (χ4v) is 3.39. The summed E-state index contributed by atoms with van der Waals surface area (Å²) in [6.07, 6.45) is 7.11. The van der Waals surface area contributed by atoms with Crippen molar-refractivity contribution >= 4 is 16.9 Å². The van der Waals surface area contributed by atoms with Crippen LogP contribution >= 0.6 is 0 Å². The van der Waals surface area contributed by atoms with E-state index in [-0.39, 0.29) is 0 Å². The van der Waals surface area contributed by atoms with Gasteiger partial charge in [-0.25, -0.2) is 9.97 Å². The number of aryl methyl sites for hydroxylation is 2. The van der Waals surface area contributed by atoms with E-state index in [0.29, 0.717) is 5.92 Å². The van der Waals surface area contributed by atoms with E-state index in [1.54, 1.807) is 11.0 Å². The number of hydrogen-bond acceptors (Lipinski definition) is 4. The number of anilines is 1. The molecule has 3 aromatic rings. The van der Waals surface area contributed by atoms with Crippen molar-refractivity contribution < 1.29 is 0 Å². The lowest BCUT2D eigenvalue weighted by Gasteiger charge is -2.25. The molecule has 1 aliphatic rings. The molecule has 112 valence electrons. The van der Waals surface area contributed by atoms with Crippen molar-refractivity contribution in [2.24, 2.45) is 7.05 Å². The van der Waals surface area contributed by atoms with Gasteiger partial charge in [-0.1, -0.05) is 24.3 Å². The molecule has 4 rings (SSSR count). The zero-order chi connectivity index (χ0) is 14.9. The van der Waals surface area contributed by atoms with Crippen molar-refractivity contribution in [3.05, 3.63) is 47.9 Å². The third-order valence-corrected chi connectivity index (χ3v) is 4.54. The molecular weight excluding hydrogens is 274 g/mol. The Morgan fingerprint density at radius 2 is 2.18 bits per heavy atom. The van der Waals surface area contributed by atoms with Crippen molar-refractivity contribution in [2.45, 2.75) is 25.2 Å². The number of fused-ring (bicyclic) bond motifs is 2. The summed E-state index contributed by atoms with van der Waals surface area (Å²) in [6, 6.07) is 8.80. The molecule has 0 saturated carbocycles. The molecule has 1 aromatic carbocycles. The molecule has 0 spiro atoms. The summed E-state index contributed by atoms with van der Waals surface area (Å²) >= 11 is 0. The first kappa shape index (κ1) is 13.2. The second-order valence-electron chi connectivity index (χ2n) is 5.90. The van der Waals surface area contributed by atoms with Crippen LogP contribution in [0.3, 0.4) is 0 Å². The molecule has 0 amide bonds. The lowest BCUT2D eigenvalue weighted by molar-refractivity contribution is 0.571. The predicted octanol–water partition coefficient (Wildman–Crippen LogP) is 2.90. The summed E-state index contributed by atoms with van der Waals surface area (Å²) in [5.41, 5.74) is 3.84. The molecule has 1 atom stereocenters. The minimum Gasteiger partial charge on any atom is -0.369 e. The van der Waals surface area contributed by atoms with E-state index in [1.165, 1.54) is 30.4 Å². The molecule has 0 fully saturated rings. The molecule has 5 nitrogen and oxygen atoms in total. The van der Waals surface area contributed by atoms with E-state index in [9.17, 15) is 0 Å². The van der Waals surface area contributed by atoms with E-state index < -0.39 is 0 Å². The molecule has 0 saturated heterocycles. The summed E-state index contributed by atoms with van der Waals surface area (Å²) in [5, 5.41) is 8.75. The van der Waals surface area contributed by atoms with E-state index >= 15 is 0 Å². The summed E-state index contributed by atoms with van der Waals surface area (Å²) in [7, 11) is 1.90. The number of nitrogens with zero attached hydrogens (tertiary/aromatic N) is 4. The van der Waals surface area contributed by atoms with Crippen molar-refractivity contribution in [3.8, 4) is 0 Å². The third kappa shape index (κ3) is 2.22. The maximum Gasteiger partial charge on any atom is 0.163 e. The molecule has 2 aromatic heterocycles. The first-order valence-electron chi connectivity index (χ1n) is 7.77. The molecule has 0 radical (unpaired) electrons. The maximum absolute atomic E-state index is 4.39. The fraction of sp³-hybridized carbons (Fsp3) is 0.353. The Labute approximate surface area is 129 Å². The van der Waals surface area contributed by atoms with Gasteiger partial charge in [0.1, 0.15) is 12.1 Å². The predicted molar refractivity (Wildman–Crippen MR) is 86.9 cm³/mol. The normalized spacial score (nSPS) is 17.4. The Balaban J connectivity index is 1.58. The van der Waals surface area contributed by atoms with Crippen LogP contribution < -0.4 is 5.32 Å². The van der Waals surface area contributed by atoms with Crippen LogP contribution in [0, 0.1) is 0 Å². The van der Waals surface area contributed by atoms with E-state index in [4.69, 9.17) is 0 Å². The van der Waals surface area contributed by atoms with Crippen molar-refractivity contribution in [1.82, 2.24) is 19.7 Å². The molecule has 0 aliphatic heterocycles. The highest BCUT2D eigenvalue weighted by Crippen LogP contribution is 2.31. The zero-order valence-corrected chi connectivity index (χ0v) is 12.7. The van der Waals surface area contributed by atoms with Crippen molar-refractivity contribution in [2.75, 3.05) is 11.9 Å². The van der Waals surface area contributed by atoms with Crippen LogP contribution in [0.15, 0.2) is 36.8 Å². The largest absolute Gasteiger partial charge is 0.369 e. The van der Waals surface area contributed by atoms with Gasteiger partial charge in [-0.2, -0.15) is 5.10 Å². The average molecular weight is 293 g/mol. The Morgan fingerprint density at radius 3 is 3.14 bits per heavy atom. The van der Waals surface area contributed by atoms with Crippen LogP contribution in [0.5, 0.6) is 0 Å². The number of nitrogens with one attached hydrogen (secondary N) is 1. The third-order valence-electron chi connectivity index (χ3n) is 4.54. The van der Waals surface area contributed by atoms with Gasteiger partial charge in [0, 0.05) is 19.5 Å². The number of aromatic nitrogens is 4. The molecule has 1 aliphatic carbocycles. The summed E-state index contributed by atoms with van der Waals surface area (Å²) < 4.78 is 1.78. The summed E-state index contributed by atoms with van der Waals surface area (Å²) in [5.74, 6) is 1.42. The van der Waals surface area contributed by atoms with Gasteiger partial charge >= 0.3 is 0 Å². The quantitative estimate of drug-likeness (QED) is 0.806. The minimum absolute atomic E-state index is 0.548. The van der Waals surface area contributed by atoms with Crippen LogP contribution in [-0.4, -0.2) is 26.3 Å². The molecule has 22 heavy (non-hydrogen) atoms. The van der Waals surface area contributed by atoms with Crippen LogP contribution in [0.1, 0.15) is 29.9 Å². The van der Waals surface area contributed by atoms with Gasteiger partial charge < -0.3 is 5.32 Å². The molecule has 0 bridgehead atoms. The van der Waals surface area contributed by atoms with Crippen LogP contribution in [0.25, 0.3) is 11.0 Å². The van der Waals surface area contributed by atoms with Crippen LogP contribution in [0.4, 0.5) is 5.82 Å². The lowest BCUT2D eigenvalue weighted by atomic mass is 9.83. The Bertz CT molecular complexity index is 808. The van der Waals surface area contributed by atoms with Crippen molar-refractivity contribution in [1.29, 1.82) is 0 Å². The minimum atomic E-state index is 0.548. The first-order chi connectivity index (χ1) is 10.8. The highest BCUT2D eigenvalue weighted by Gasteiger charge is 2.20. The standard InChI is InChI=1S/C17H19N5/c1-22-17-15(10-21-22)16(19-11-20-17)18-9-13-7-4-6-12-5-2-3-8-14(12)13/h2-3,5,8,10-11,13H,4,6-7,9H2,1H3,(H,18,19,20). The molecule has 1 unspecified atom stereocenters. The number of rotatable bonds is 3. The number of benzene rings is 1. The van der Waals surface area contributed by atoms with E-state index in [1.807, 2.05) is 13.2 Å². The first-order valence-corrected chi connectivity index (χ1v) is 7.77. The molecular formula is C17H19N5. The van der Waals surface area contributed by atoms with E-state index in [2.05, 4.69) is 44.6 Å². The second kappa shape index (κ2) is 5.40. The summed E-state index contributed by atoms with van der Waals surface area (Å²) in [6.45, 7) is 0.901. The van der Waals surface area contributed by atoms with Crippen LogP contribution in [-0.2, 0) is 13.5 Å². The topological polar surface area (TPSA) is 55.6 Å². The number of hydrogen-bond donors (Lipinski definition) is 1. The van der Waals surface area contributed by atoms with Gasteiger partial charge in [-0.05, 0) is 30.4 Å². The van der Waals surface area contributed by atoms with Gasteiger partial charge in [0.2, 0.25) is 0 Å². The van der Waals surface area contributed by atoms with Gasteiger partial charge in [0.25, 0.3) is 0 Å². The highest BCUT2D eigenvalue weighted by molar-refractivity contribution is 5.85. The van der Waals surface area contributed by atoms with E-state index in [0.717, 1.165) is 23.4 Å². The lowest BCUT2D eigenvalue weighted by Crippen LogP contribution is -2.18. The molecule has 5 heteroatoms. The van der Waals surface area contributed by atoms with Crippen molar-refractivity contribution in [3.63, 3.8) is 0 Å². The Kier molecular flexibility index (Phi) is 3.25. The van der Waals surface area contributed by atoms with Gasteiger partial charge in [0.05, 0.1) is 11.6 Å². The Morgan fingerprint density at radius 1 is 1.27 bits per heavy atom. The summed E-state index contributed by atoms with van der Waals surface area (Å²) in [4.78, 5) is 8.67. The van der Waals surface area contributed by atoms with Gasteiger partial charge in [-0.15, -0.1) is 0 Å². The second-order valence-corrected chi connectivity index (χ2v) is 5.90. The SMILES string of the molecule is Cn1ncc2c(NCC3CCCc4ccccc43)ncnc21. The van der Waals surface area contributed by atoms with Gasteiger partial charge in [-0.3, -0.25) is 4.68 Å². The fourth-order valence-electron chi connectivity index (χ4n) is 3.39.